The van der Waals surface area contributed by atoms with Crippen molar-refractivity contribution in [1.29, 1.82) is 0 Å². The van der Waals surface area contributed by atoms with Crippen molar-refractivity contribution in [1.82, 2.24) is 4.90 Å². The molecule has 0 aliphatic carbocycles. The molecule has 0 saturated carbocycles. The Morgan fingerprint density at radius 3 is 3.04 bits per heavy atom. The van der Waals surface area contributed by atoms with Crippen LogP contribution in [0.3, 0.4) is 0 Å². The lowest BCUT2D eigenvalue weighted by molar-refractivity contribution is -0.122. The first kappa shape index (κ1) is 17.9. The van der Waals surface area contributed by atoms with Crippen molar-refractivity contribution in [3.05, 3.63) is 38.4 Å². The van der Waals surface area contributed by atoms with Crippen LogP contribution in [0.25, 0.3) is 17.0 Å². The van der Waals surface area contributed by atoms with E-state index in [1.54, 1.807) is 18.1 Å². The van der Waals surface area contributed by atoms with Gasteiger partial charge in [-0.05, 0) is 24.6 Å². The minimum absolute atomic E-state index is 0.126. The first-order chi connectivity index (χ1) is 11.5. The van der Waals surface area contributed by atoms with Crippen molar-refractivity contribution in [3.63, 3.8) is 0 Å². The molecular formula is C16H13BrClNO3S2. The SMILES string of the molecule is COCCCN1C(=O)/C(=C/c2oc3ccc(Br)cc3c2Cl)SC1=S. The summed E-state index contributed by atoms with van der Waals surface area (Å²) in [5, 5.41) is 1.28. The third-order valence-corrected chi connectivity index (χ3v) is 5.74. The lowest BCUT2D eigenvalue weighted by Crippen LogP contribution is -2.29. The Balaban J connectivity index is 1.88. The Bertz CT molecular complexity index is 849. The Kier molecular flexibility index (Phi) is 5.66. The minimum Gasteiger partial charge on any atom is -0.455 e. The first-order valence-corrected chi connectivity index (χ1v) is 9.52. The van der Waals surface area contributed by atoms with Gasteiger partial charge in [-0.3, -0.25) is 9.69 Å². The number of halogens is 2. The molecule has 0 spiro atoms. The van der Waals surface area contributed by atoms with E-state index in [-0.39, 0.29) is 5.91 Å². The molecule has 0 radical (unpaired) electrons. The average molecular weight is 447 g/mol. The Morgan fingerprint density at radius 2 is 2.29 bits per heavy atom. The fraction of sp³-hybridized carbons (Fsp3) is 0.250. The number of rotatable bonds is 5. The minimum atomic E-state index is -0.126. The molecule has 2 heterocycles. The second-order valence-corrected chi connectivity index (χ2v) is 8.07. The van der Waals surface area contributed by atoms with Gasteiger partial charge >= 0.3 is 0 Å². The molecule has 1 aromatic heterocycles. The van der Waals surface area contributed by atoms with E-state index in [0.29, 0.717) is 38.7 Å². The molecule has 1 aliphatic rings. The highest BCUT2D eigenvalue weighted by molar-refractivity contribution is 9.10. The van der Waals surface area contributed by atoms with Crippen LogP contribution in [0.1, 0.15) is 12.2 Å². The molecule has 0 unspecified atom stereocenters. The molecule has 3 rings (SSSR count). The topological polar surface area (TPSA) is 42.7 Å². The van der Waals surface area contributed by atoms with Gasteiger partial charge in [-0.15, -0.1) is 0 Å². The third-order valence-electron chi connectivity index (χ3n) is 3.48. The lowest BCUT2D eigenvalue weighted by Gasteiger charge is -2.13. The number of thiocarbonyl (C=S) groups is 1. The van der Waals surface area contributed by atoms with Gasteiger partial charge in [-0.2, -0.15) is 0 Å². The van der Waals surface area contributed by atoms with Crippen molar-refractivity contribution >= 4 is 78.8 Å². The number of ether oxygens (including phenoxy) is 1. The van der Waals surface area contributed by atoms with Gasteiger partial charge in [0.1, 0.15) is 15.7 Å². The molecule has 0 atom stereocenters. The van der Waals surface area contributed by atoms with E-state index < -0.39 is 0 Å². The number of fused-ring (bicyclic) bond motifs is 1. The Hall–Kier alpha value is -0.860. The molecule has 8 heteroatoms. The van der Waals surface area contributed by atoms with Gasteiger partial charge in [-0.25, -0.2) is 0 Å². The maximum Gasteiger partial charge on any atom is 0.266 e. The number of carbonyl (C=O) groups excluding carboxylic acids is 1. The van der Waals surface area contributed by atoms with Crippen LogP contribution in [0.15, 0.2) is 32.0 Å². The van der Waals surface area contributed by atoms with Gasteiger partial charge in [0.05, 0.1) is 9.93 Å². The van der Waals surface area contributed by atoms with Crippen molar-refractivity contribution in [3.8, 4) is 0 Å². The second kappa shape index (κ2) is 7.58. The highest BCUT2D eigenvalue weighted by Gasteiger charge is 2.32. The van der Waals surface area contributed by atoms with Crippen LogP contribution in [0.2, 0.25) is 5.02 Å². The van der Waals surface area contributed by atoms with Crippen molar-refractivity contribution in [2.24, 2.45) is 0 Å². The van der Waals surface area contributed by atoms with E-state index in [1.165, 1.54) is 11.8 Å². The van der Waals surface area contributed by atoms with E-state index in [1.807, 2.05) is 18.2 Å². The Morgan fingerprint density at radius 1 is 1.50 bits per heavy atom. The van der Waals surface area contributed by atoms with Crippen LogP contribution >= 0.6 is 51.5 Å². The molecule has 0 bridgehead atoms. The molecule has 2 aromatic rings. The van der Waals surface area contributed by atoms with Crippen LogP contribution in [0.5, 0.6) is 0 Å². The summed E-state index contributed by atoms with van der Waals surface area (Å²) in [6.45, 7) is 1.12. The molecule has 1 amide bonds. The molecule has 24 heavy (non-hydrogen) atoms. The number of methoxy groups -OCH3 is 1. The van der Waals surface area contributed by atoms with E-state index in [4.69, 9.17) is 33.0 Å². The number of thioether (sulfide) groups is 1. The number of benzene rings is 1. The molecule has 1 fully saturated rings. The van der Waals surface area contributed by atoms with Gasteiger partial charge in [0.25, 0.3) is 5.91 Å². The summed E-state index contributed by atoms with van der Waals surface area (Å²) in [4.78, 5) is 14.6. The van der Waals surface area contributed by atoms with Crippen LogP contribution in [0, 0.1) is 0 Å². The van der Waals surface area contributed by atoms with Gasteiger partial charge in [0, 0.05) is 36.2 Å². The summed E-state index contributed by atoms with van der Waals surface area (Å²) < 4.78 is 12.2. The standard InChI is InChI=1S/C16H13BrClNO3S2/c1-21-6-2-5-19-15(20)13(24-16(19)23)8-12-14(18)10-7-9(17)3-4-11(10)22-12/h3-4,7-8H,2,5-6H2,1H3/b13-8-. The number of hydrogen-bond acceptors (Lipinski definition) is 5. The number of hydrogen-bond donors (Lipinski definition) is 0. The van der Waals surface area contributed by atoms with Crippen LogP contribution < -0.4 is 0 Å². The van der Waals surface area contributed by atoms with Crippen molar-refractivity contribution in [2.75, 3.05) is 20.3 Å². The number of amides is 1. The number of furan rings is 1. The fourth-order valence-electron chi connectivity index (χ4n) is 2.33. The van der Waals surface area contributed by atoms with Crippen molar-refractivity contribution < 1.29 is 13.9 Å². The molecule has 1 saturated heterocycles. The van der Waals surface area contributed by atoms with E-state index in [9.17, 15) is 4.79 Å². The highest BCUT2D eigenvalue weighted by atomic mass is 79.9. The zero-order valence-corrected chi connectivity index (χ0v) is 16.7. The van der Waals surface area contributed by atoms with Gasteiger partial charge < -0.3 is 9.15 Å². The molecule has 4 nitrogen and oxygen atoms in total. The molecular weight excluding hydrogens is 434 g/mol. The smallest absolute Gasteiger partial charge is 0.266 e. The average Bonchev–Trinajstić information content (AvgIpc) is 2.99. The molecule has 0 N–H and O–H groups in total. The van der Waals surface area contributed by atoms with E-state index >= 15 is 0 Å². The summed E-state index contributed by atoms with van der Waals surface area (Å²) >= 11 is 16.3. The van der Waals surface area contributed by atoms with Crippen LogP contribution in [-0.4, -0.2) is 35.4 Å². The monoisotopic (exact) mass is 445 g/mol. The number of nitrogens with zero attached hydrogens (tertiary/aromatic N) is 1. The molecule has 1 aliphatic heterocycles. The highest BCUT2D eigenvalue weighted by Crippen LogP contribution is 2.37. The third kappa shape index (κ3) is 3.55. The normalized spacial score (nSPS) is 16.8. The van der Waals surface area contributed by atoms with Gasteiger partial charge in [0.2, 0.25) is 0 Å². The van der Waals surface area contributed by atoms with Gasteiger partial charge in [-0.1, -0.05) is 51.5 Å². The molecule has 1 aromatic carbocycles. The van der Waals surface area contributed by atoms with E-state index in [0.717, 1.165) is 16.3 Å². The van der Waals surface area contributed by atoms with Gasteiger partial charge in [0.15, 0.2) is 0 Å². The zero-order valence-electron chi connectivity index (χ0n) is 12.7. The van der Waals surface area contributed by atoms with Crippen LogP contribution in [-0.2, 0) is 9.53 Å². The second-order valence-electron chi connectivity index (χ2n) is 5.10. The zero-order chi connectivity index (χ0) is 17.3. The fourth-order valence-corrected chi connectivity index (χ4v) is 4.21. The van der Waals surface area contributed by atoms with Crippen molar-refractivity contribution in [2.45, 2.75) is 6.42 Å². The maximum atomic E-state index is 12.5. The first-order valence-electron chi connectivity index (χ1n) is 7.13. The predicted octanol–water partition coefficient (Wildman–Crippen LogP) is 5.09. The molecule has 126 valence electrons. The summed E-state index contributed by atoms with van der Waals surface area (Å²) in [5.41, 5.74) is 0.671. The quantitative estimate of drug-likeness (QED) is 0.364. The lowest BCUT2D eigenvalue weighted by atomic mass is 10.2. The Labute approximate surface area is 162 Å². The van der Waals surface area contributed by atoms with Crippen LogP contribution in [0.4, 0.5) is 0 Å². The summed E-state index contributed by atoms with van der Waals surface area (Å²) in [6.07, 6.45) is 2.39. The summed E-state index contributed by atoms with van der Waals surface area (Å²) in [5.74, 6) is 0.334. The predicted molar refractivity (Wildman–Crippen MR) is 105 cm³/mol. The summed E-state index contributed by atoms with van der Waals surface area (Å²) in [7, 11) is 1.63. The summed E-state index contributed by atoms with van der Waals surface area (Å²) in [6, 6.07) is 5.59. The largest absolute Gasteiger partial charge is 0.455 e. The van der Waals surface area contributed by atoms with E-state index in [2.05, 4.69) is 15.9 Å². The number of carbonyl (C=O) groups is 1. The maximum absolute atomic E-state index is 12.5.